The number of benzene rings is 1. The highest BCUT2D eigenvalue weighted by Gasteiger charge is 2.55. The van der Waals surface area contributed by atoms with E-state index in [1.165, 1.54) is 0 Å². The first-order valence-corrected chi connectivity index (χ1v) is 7.22. The zero-order valence-electron chi connectivity index (χ0n) is 11.7. The van der Waals surface area contributed by atoms with E-state index in [9.17, 15) is 14.7 Å². The summed E-state index contributed by atoms with van der Waals surface area (Å²) in [5.41, 5.74) is 0.557. The molecular weight excluding hydrogens is 290 g/mol. The van der Waals surface area contributed by atoms with Gasteiger partial charge in [0.1, 0.15) is 0 Å². The molecule has 116 valence electrons. The van der Waals surface area contributed by atoms with Crippen molar-refractivity contribution in [3.63, 3.8) is 0 Å². The van der Waals surface area contributed by atoms with Crippen molar-refractivity contribution in [3.8, 4) is 11.5 Å². The fourth-order valence-corrected chi connectivity index (χ4v) is 3.52. The third-order valence-corrected chi connectivity index (χ3v) is 4.50. The summed E-state index contributed by atoms with van der Waals surface area (Å²) in [6.07, 6.45) is 0.776. The van der Waals surface area contributed by atoms with E-state index in [4.69, 9.17) is 14.2 Å². The summed E-state index contributed by atoms with van der Waals surface area (Å²) in [6, 6.07) is 5.09. The number of hydrogen-bond donors (Lipinski definition) is 2. The van der Waals surface area contributed by atoms with Gasteiger partial charge in [-0.25, -0.2) is 0 Å². The van der Waals surface area contributed by atoms with Crippen LogP contribution in [-0.4, -0.2) is 36.0 Å². The summed E-state index contributed by atoms with van der Waals surface area (Å²) in [6.45, 7) is 0.161. The van der Waals surface area contributed by atoms with Gasteiger partial charge in [0.15, 0.2) is 11.5 Å². The predicted octanol–water partition coefficient (Wildman–Crippen LogP) is 1.23. The van der Waals surface area contributed by atoms with Crippen LogP contribution < -0.4 is 14.8 Å². The lowest BCUT2D eigenvalue weighted by Gasteiger charge is -2.23. The SMILES string of the molecule is O=C(O)[C@@H]1[C@H](C(=O)Nc2ccc3c(c2)OCO3)[C@H]2CC[C@@H]1O2. The fraction of sp³-hybridized carbons (Fsp3) is 0.467. The number of fused-ring (bicyclic) bond motifs is 3. The van der Waals surface area contributed by atoms with Gasteiger partial charge in [-0.2, -0.15) is 0 Å². The molecule has 4 atom stereocenters. The van der Waals surface area contributed by atoms with E-state index < -0.39 is 17.8 Å². The Bertz CT molecular complexity index is 645. The summed E-state index contributed by atoms with van der Waals surface area (Å²) in [7, 11) is 0. The number of ether oxygens (including phenoxy) is 3. The number of rotatable bonds is 3. The lowest BCUT2D eigenvalue weighted by molar-refractivity contribution is -0.147. The normalized spacial score (nSPS) is 31.3. The number of hydrogen-bond acceptors (Lipinski definition) is 5. The lowest BCUT2D eigenvalue weighted by atomic mass is 9.78. The molecule has 1 aromatic carbocycles. The van der Waals surface area contributed by atoms with Crippen molar-refractivity contribution >= 4 is 17.6 Å². The number of nitrogens with one attached hydrogen (secondary N) is 1. The van der Waals surface area contributed by atoms with Crippen molar-refractivity contribution in [2.45, 2.75) is 25.0 Å². The molecule has 2 bridgehead atoms. The van der Waals surface area contributed by atoms with E-state index in [0.717, 1.165) is 6.42 Å². The van der Waals surface area contributed by atoms with Gasteiger partial charge in [-0.3, -0.25) is 9.59 Å². The molecule has 0 spiro atoms. The number of carbonyl (C=O) groups excluding carboxylic acids is 1. The molecule has 7 heteroatoms. The van der Waals surface area contributed by atoms with Crippen molar-refractivity contribution in [1.29, 1.82) is 0 Å². The smallest absolute Gasteiger partial charge is 0.310 e. The highest BCUT2D eigenvalue weighted by atomic mass is 16.7. The van der Waals surface area contributed by atoms with Gasteiger partial charge in [-0.05, 0) is 25.0 Å². The van der Waals surface area contributed by atoms with Crippen LogP contribution in [0.4, 0.5) is 5.69 Å². The molecular formula is C15H15NO6. The summed E-state index contributed by atoms with van der Waals surface area (Å²) in [5.74, 6) is -1.52. The molecule has 3 heterocycles. The zero-order chi connectivity index (χ0) is 15.3. The van der Waals surface area contributed by atoms with Gasteiger partial charge in [-0.1, -0.05) is 0 Å². The van der Waals surface area contributed by atoms with E-state index in [2.05, 4.69) is 5.32 Å². The number of carbonyl (C=O) groups is 2. The molecule has 0 radical (unpaired) electrons. The Kier molecular flexibility index (Phi) is 2.97. The second-order valence-corrected chi connectivity index (χ2v) is 5.74. The second-order valence-electron chi connectivity index (χ2n) is 5.74. The lowest BCUT2D eigenvalue weighted by Crippen LogP contribution is -2.40. The maximum Gasteiger partial charge on any atom is 0.310 e. The predicted molar refractivity (Wildman–Crippen MR) is 73.7 cm³/mol. The Balaban J connectivity index is 1.53. The first-order valence-electron chi connectivity index (χ1n) is 7.22. The van der Waals surface area contributed by atoms with Crippen molar-refractivity contribution in [1.82, 2.24) is 0 Å². The van der Waals surface area contributed by atoms with Crippen LogP contribution in [0, 0.1) is 11.8 Å². The van der Waals surface area contributed by atoms with Crippen LogP contribution in [0.25, 0.3) is 0 Å². The maximum atomic E-state index is 12.5. The van der Waals surface area contributed by atoms with Gasteiger partial charge in [-0.15, -0.1) is 0 Å². The monoisotopic (exact) mass is 305 g/mol. The van der Waals surface area contributed by atoms with Crippen molar-refractivity contribution in [2.75, 3.05) is 12.1 Å². The van der Waals surface area contributed by atoms with Crippen LogP contribution >= 0.6 is 0 Å². The van der Waals surface area contributed by atoms with E-state index in [1.54, 1.807) is 18.2 Å². The molecule has 0 unspecified atom stereocenters. The molecule has 3 aliphatic heterocycles. The van der Waals surface area contributed by atoms with Crippen LogP contribution in [-0.2, 0) is 14.3 Å². The highest BCUT2D eigenvalue weighted by molar-refractivity contribution is 5.96. The van der Waals surface area contributed by atoms with Gasteiger partial charge >= 0.3 is 5.97 Å². The summed E-state index contributed by atoms with van der Waals surface area (Å²) < 4.78 is 16.1. The zero-order valence-corrected chi connectivity index (χ0v) is 11.7. The van der Waals surface area contributed by atoms with Crippen LogP contribution in [0.5, 0.6) is 11.5 Å². The number of amides is 1. The van der Waals surface area contributed by atoms with E-state index in [0.29, 0.717) is 23.6 Å². The van der Waals surface area contributed by atoms with Crippen molar-refractivity contribution in [2.24, 2.45) is 11.8 Å². The maximum absolute atomic E-state index is 12.5. The first kappa shape index (κ1) is 13.4. The number of anilines is 1. The van der Waals surface area contributed by atoms with Gasteiger partial charge in [0.05, 0.1) is 24.0 Å². The van der Waals surface area contributed by atoms with Crippen molar-refractivity contribution in [3.05, 3.63) is 18.2 Å². The molecule has 1 amide bonds. The summed E-state index contributed by atoms with van der Waals surface area (Å²) >= 11 is 0. The van der Waals surface area contributed by atoms with Crippen LogP contribution in [0.1, 0.15) is 12.8 Å². The third-order valence-electron chi connectivity index (χ3n) is 4.50. The minimum atomic E-state index is -0.974. The molecule has 2 N–H and O–H groups in total. The molecule has 3 aliphatic rings. The largest absolute Gasteiger partial charge is 0.481 e. The fourth-order valence-electron chi connectivity index (χ4n) is 3.52. The topological polar surface area (TPSA) is 94.1 Å². The molecule has 0 aliphatic carbocycles. The number of carboxylic acids is 1. The molecule has 0 aromatic heterocycles. The minimum absolute atomic E-state index is 0.161. The Morgan fingerprint density at radius 1 is 1.09 bits per heavy atom. The molecule has 7 nitrogen and oxygen atoms in total. The van der Waals surface area contributed by atoms with Crippen LogP contribution in [0.3, 0.4) is 0 Å². The van der Waals surface area contributed by atoms with Gasteiger partial charge in [0.25, 0.3) is 0 Å². The van der Waals surface area contributed by atoms with Gasteiger partial charge in [0, 0.05) is 11.8 Å². The quantitative estimate of drug-likeness (QED) is 0.872. The second kappa shape index (κ2) is 4.88. The van der Waals surface area contributed by atoms with Crippen molar-refractivity contribution < 1.29 is 28.9 Å². The molecule has 2 saturated heterocycles. The van der Waals surface area contributed by atoms with E-state index in [-0.39, 0.29) is 24.9 Å². The van der Waals surface area contributed by atoms with Gasteiger partial charge in [0.2, 0.25) is 12.7 Å². The Hall–Kier alpha value is -2.28. The Labute approximate surface area is 126 Å². The Morgan fingerprint density at radius 3 is 2.59 bits per heavy atom. The molecule has 4 rings (SSSR count). The Morgan fingerprint density at radius 2 is 1.82 bits per heavy atom. The first-order chi connectivity index (χ1) is 10.6. The number of carboxylic acid groups (broad SMARTS) is 1. The average Bonchev–Trinajstić information content (AvgIpc) is 3.20. The van der Waals surface area contributed by atoms with E-state index >= 15 is 0 Å². The summed E-state index contributed by atoms with van der Waals surface area (Å²) in [5, 5.41) is 12.1. The third kappa shape index (κ3) is 2.00. The van der Waals surface area contributed by atoms with Gasteiger partial charge < -0.3 is 24.6 Å². The molecule has 2 fully saturated rings. The molecule has 0 saturated carbocycles. The van der Waals surface area contributed by atoms with Crippen LogP contribution in [0.15, 0.2) is 18.2 Å². The molecule has 1 aromatic rings. The molecule has 22 heavy (non-hydrogen) atoms. The number of aliphatic carboxylic acids is 1. The highest BCUT2D eigenvalue weighted by Crippen LogP contribution is 2.44. The van der Waals surface area contributed by atoms with Crippen LogP contribution in [0.2, 0.25) is 0 Å². The summed E-state index contributed by atoms with van der Waals surface area (Å²) in [4.78, 5) is 23.9. The average molecular weight is 305 g/mol. The van der Waals surface area contributed by atoms with E-state index in [1.807, 2.05) is 0 Å². The minimum Gasteiger partial charge on any atom is -0.481 e. The standard InChI is InChI=1S/C15H15NO6/c17-14(12-9-3-4-10(22-9)13(12)15(18)19)16-7-1-2-8-11(5-7)21-6-20-8/h1-2,5,9-10,12-13H,3-4,6H2,(H,16,17)(H,18,19)/t9-,10+,12-,13+/m1/s1.